The Labute approximate surface area is 119 Å². The number of fused-ring (bicyclic) bond motifs is 1. The molecule has 2 rings (SSSR count). The lowest BCUT2D eigenvalue weighted by Gasteiger charge is -2.30. The minimum absolute atomic E-state index is 0.0296. The van der Waals surface area contributed by atoms with Gasteiger partial charge in [0.25, 0.3) is 5.56 Å². The first-order valence-electron chi connectivity index (χ1n) is 6.86. The van der Waals surface area contributed by atoms with Crippen LogP contribution in [-0.4, -0.2) is 27.5 Å². The summed E-state index contributed by atoms with van der Waals surface area (Å²) in [6.07, 6.45) is 1.86. The van der Waals surface area contributed by atoms with E-state index in [-0.39, 0.29) is 10.5 Å². The summed E-state index contributed by atoms with van der Waals surface area (Å²) in [4.78, 5) is 15.0. The quantitative estimate of drug-likeness (QED) is 0.843. The molecule has 1 aliphatic heterocycles. The van der Waals surface area contributed by atoms with Gasteiger partial charge in [0.2, 0.25) is 0 Å². The van der Waals surface area contributed by atoms with Crippen LogP contribution in [0.25, 0.3) is 0 Å². The normalized spacial score (nSPS) is 15.3. The van der Waals surface area contributed by atoms with Crippen molar-refractivity contribution in [3.05, 3.63) is 33.2 Å². The molecule has 1 aliphatic rings. The Bertz CT molecular complexity index is 550. The molecule has 19 heavy (non-hydrogen) atoms. The van der Waals surface area contributed by atoms with E-state index in [1.54, 1.807) is 0 Å². The van der Waals surface area contributed by atoms with Crippen LogP contribution in [0.3, 0.4) is 0 Å². The van der Waals surface area contributed by atoms with Gasteiger partial charge < -0.3 is 10.3 Å². The highest BCUT2D eigenvalue weighted by atomic mass is 32.1. The number of aromatic nitrogens is 1. The molecular formula is C14H21N3OS. The van der Waals surface area contributed by atoms with Gasteiger partial charge in [0, 0.05) is 31.7 Å². The van der Waals surface area contributed by atoms with Gasteiger partial charge in [-0.15, -0.1) is 0 Å². The number of thiocarbonyl (C=S) groups is 1. The van der Waals surface area contributed by atoms with E-state index >= 15 is 0 Å². The molecule has 0 aromatic carbocycles. The highest BCUT2D eigenvalue weighted by Crippen LogP contribution is 2.19. The molecule has 0 spiro atoms. The molecule has 5 heteroatoms. The average Bonchev–Trinajstić information content (AvgIpc) is 2.40. The minimum Gasteiger partial charge on any atom is -0.389 e. The van der Waals surface area contributed by atoms with Gasteiger partial charge in [-0.3, -0.25) is 9.69 Å². The number of pyridine rings is 1. The molecule has 0 saturated carbocycles. The van der Waals surface area contributed by atoms with Crippen LogP contribution in [-0.2, 0) is 19.5 Å². The van der Waals surface area contributed by atoms with Crippen LogP contribution in [0.4, 0.5) is 0 Å². The molecule has 0 saturated heterocycles. The second-order valence-electron chi connectivity index (χ2n) is 4.97. The molecule has 0 radical (unpaired) electrons. The monoisotopic (exact) mass is 279 g/mol. The van der Waals surface area contributed by atoms with Crippen LogP contribution in [0.5, 0.6) is 0 Å². The SMILES string of the molecule is CCCn1c2c(cc(C(N)=S)c1=O)CN(CC)CC2. The van der Waals surface area contributed by atoms with Crippen molar-refractivity contribution in [2.75, 3.05) is 13.1 Å². The molecule has 0 amide bonds. The van der Waals surface area contributed by atoms with Crippen molar-refractivity contribution >= 4 is 17.2 Å². The number of nitrogens with two attached hydrogens (primary N) is 1. The molecule has 0 fully saturated rings. The Morgan fingerprint density at radius 2 is 2.21 bits per heavy atom. The Hall–Kier alpha value is -1.20. The third-order valence-electron chi connectivity index (χ3n) is 3.71. The number of likely N-dealkylation sites (N-methyl/N-ethyl adjacent to an activating group) is 1. The Morgan fingerprint density at radius 3 is 2.79 bits per heavy atom. The van der Waals surface area contributed by atoms with Crippen LogP contribution >= 0.6 is 12.2 Å². The summed E-state index contributed by atoms with van der Waals surface area (Å²) in [7, 11) is 0. The van der Waals surface area contributed by atoms with E-state index in [1.165, 1.54) is 5.56 Å². The molecule has 0 aliphatic carbocycles. The number of hydrogen-bond donors (Lipinski definition) is 1. The van der Waals surface area contributed by atoms with Crippen molar-refractivity contribution in [3.8, 4) is 0 Å². The molecule has 1 aromatic rings. The van der Waals surface area contributed by atoms with Gasteiger partial charge in [-0.25, -0.2) is 0 Å². The lowest BCUT2D eigenvalue weighted by atomic mass is 10.0. The summed E-state index contributed by atoms with van der Waals surface area (Å²) >= 11 is 5.01. The van der Waals surface area contributed by atoms with E-state index in [9.17, 15) is 4.79 Å². The average molecular weight is 279 g/mol. The number of rotatable bonds is 4. The fourth-order valence-electron chi connectivity index (χ4n) is 2.68. The molecule has 2 heterocycles. The van der Waals surface area contributed by atoms with E-state index in [0.717, 1.165) is 44.7 Å². The van der Waals surface area contributed by atoms with Crippen molar-refractivity contribution in [2.24, 2.45) is 5.73 Å². The summed E-state index contributed by atoms with van der Waals surface area (Å²) in [6, 6.07) is 1.90. The molecule has 0 atom stereocenters. The van der Waals surface area contributed by atoms with Crippen LogP contribution < -0.4 is 11.3 Å². The molecule has 104 valence electrons. The molecule has 4 nitrogen and oxygen atoms in total. The predicted molar refractivity (Wildman–Crippen MR) is 81.5 cm³/mol. The van der Waals surface area contributed by atoms with Gasteiger partial charge in [0.15, 0.2) is 0 Å². The summed E-state index contributed by atoms with van der Waals surface area (Å²) in [5.74, 6) is 0. The van der Waals surface area contributed by atoms with Crippen molar-refractivity contribution in [1.82, 2.24) is 9.47 Å². The Morgan fingerprint density at radius 1 is 1.47 bits per heavy atom. The second-order valence-corrected chi connectivity index (χ2v) is 5.41. The first-order chi connectivity index (χ1) is 9.08. The molecule has 0 bridgehead atoms. The maximum Gasteiger partial charge on any atom is 0.261 e. The molecule has 0 unspecified atom stereocenters. The number of hydrogen-bond acceptors (Lipinski definition) is 3. The lowest BCUT2D eigenvalue weighted by Crippen LogP contribution is -2.38. The molecular weight excluding hydrogens is 258 g/mol. The van der Waals surface area contributed by atoms with Gasteiger partial charge in [-0.2, -0.15) is 0 Å². The lowest BCUT2D eigenvalue weighted by molar-refractivity contribution is 0.261. The van der Waals surface area contributed by atoms with Crippen LogP contribution in [0.2, 0.25) is 0 Å². The predicted octanol–water partition coefficient (Wildman–Crippen LogP) is 1.27. The first kappa shape index (κ1) is 14.2. The Kier molecular flexibility index (Phi) is 4.37. The van der Waals surface area contributed by atoms with Crippen molar-refractivity contribution in [3.63, 3.8) is 0 Å². The third-order valence-corrected chi connectivity index (χ3v) is 3.93. The highest BCUT2D eigenvalue weighted by molar-refractivity contribution is 7.80. The first-order valence-corrected chi connectivity index (χ1v) is 7.27. The summed E-state index contributed by atoms with van der Waals surface area (Å²) < 4.78 is 1.87. The van der Waals surface area contributed by atoms with E-state index < -0.39 is 0 Å². The van der Waals surface area contributed by atoms with Gasteiger partial charge in [0.05, 0.1) is 5.56 Å². The minimum atomic E-state index is -0.0296. The van der Waals surface area contributed by atoms with Gasteiger partial charge >= 0.3 is 0 Å². The van der Waals surface area contributed by atoms with E-state index in [2.05, 4.69) is 18.7 Å². The summed E-state index contributed by atoms with van der Waals surface area (Å²) in [5, 5.41) is 0. The highest BCUT2D eigenvalue weighted by Gasteiger charge is 2.21. The Balaban J connectivity index is 2.57. The van der Waals surface area contributed by atoms with E-state index in [4.69, 9.17) is 18.0 Å². The second kappa shape index (κ2) is 5.84. The maximum atomic E-state index is 12.4. The van der Waals surface area contributed by atoms with Gasteiger partial charge in [-0.05, 0) is 24.6 Å². The zero-order valence-corrected chi connectivity index (χ0v) is 12.4. The zero-order valence-electron chi connectivity index (χ0n) is 11.6. The van der Waals surface area contributed by atoms with Crippen molar-refractivity contribution in [1.29, 1.82) is 0 Å². The van der Waals surface area contributed by atoms with Crippen LogP contribution in [0.1, 0.15) is 37.1 Å². The smallest absolute Gasteiger partial charge is 0.261 e. The van der Waals surface area contributed by atoms with E-state index in [0.29, 0.717) is 5.56 Å². The zero-order chi connectivity index (χ0) is 14.0. The summed E-state index contributed by atoms with van der Waals surface area (Å²) in [5.41, 5.74) is 8.50. The number of nitrogens with zero attached hydrogens (tertiary/aromatic N) is 2. The largest absolute Gasteiger partial charge is 0.389 e. The summed E-state index contributed by atoms with van der Waals surface area (Å²) in [6.45, 7) is 7.89. The van der Waals surface area contributed by atoms with Crippen LogP contribution in [0.15, 0.2) is 10.9 Å². The fourth-order valence-corrected chi connectivity index (χ4v) is 2.83. The van der Waals surface area contributed by atoms with Crippen molar-refractivity contribution in [2.45, 2.75) is 39.8 Å². The molecule has 1 aromatic heterocycles. The van der Waals surface area contributed by atoms with Gasteiger partial charge in [0.1, 0.15) is 4.99 Å². The van der Waals surface area contributed by atoms with Gasteiger partial charge in [-0.1, -0.05) is 26.1 Å². The maximum absolute atomic E-state index is 12.4. The van der Waals surface area contributed by atoms with Crippen molar-refractivity contribution < 1.29 is 0 Å². The molecule has 2 N–H and O–H groups in total. The fraction of sp³-hybridized carbons (Fsp3) is 0.571. The standard InChI is InChI=1S/C14H21N3OS/c1-3-6-17-12-5-7-16(4-2)9-10(12)8-11(13(15)19)14(17)18/h8H,3-7,9H2,1-2H3,(H2,15,19). The third kappa shape index (κ3) is 2.72. The van der Waals surface area contributed by atoms with E-state index in [1.807, 2.05) is 10.6 Å². The topological polar surface area (TPSA) is 51.3 Å². The van der Waals surface area contributed by atoms with Crippen LogP contribution in [0, 0.1) is 0 Å².